The fourth-order valence-corrected chi connectivity index (χ4v) is 3.62. The van der Waals surface area contributed by atoms with Gasteiger partial charge in [0.1, 0.15) is 61.0 Å². The number of ether oxygens (including phenoxy) is 7. The van der Waals surface area contributed by atoms with Gasteiger partial charge in [-0.05, 0) is 0 Å². The van der Waals surface area contributed by atoms with E-state index in [-0.39, 0.29) is 25.4 Å². The highest BCUT2D eigenvalue weighted by atomic mass is 16.8. The molecule has 4 aliphatic rings. The van der Waals surface area contributed by atoms with Gasteiger partial charge in [0.2, 0.25) is 0 Å². The zero-order valence-corrected chi connectivity index (χ0v) is 16.7. The van der Waals surface area contributed by atoms with Crippen molar-refractivity contribution in [2.75, 3.05) is 39.6 Å². The van der Waals surface area contributed by atoms with Crippen molar-refractivity contribution in [3.8, 4) is 0 Å². The zero-order valence-electron chi connectivity index (χ0n) is 16.7. The van der Waals surface area contributed by atoms with Crippen LogP contribution in [0.25, 0.3) is 0 Å². The van der Waals surface area contributed by atoms with Gasteiger partial charge in [0.05, 0.1) is 39.6 Å². The normalized spacial score (nSPS) is 49.7. The van der Waals surface area contributed by atoms with E-state index in [9.17, 15) is 30.6 Å². The SMILES string of the molecule is OC[C@H]1O[C@H](O[C@H]2O[C@H](CO)[C@@H](OCC3CO3)[C@H](OCC3CO3)[C@H]2O)[C@H](O)[C@@H](O)[C@@H]1O. The number of epoxide rings is 2. The standard InChI is InChI=1S/C18H30O13/c19-1-9-11(21)12(22)13(23)17(29-9)31-18-14(24)16(28-6-8-4-26-8)15(10(2-20)30-18)27-5-7-3-25-7/h7-24H,1-6H2/t7?,8?,9-,10-,11-,12+,13-,14-,15-,16-,17-,18-/m1/s1. The second-order valence-electron chi connectivity index (χ2n) is 8.06. The van der Waals surface area contributed by atoms with Crippen molar-refractivity contribution in [3.05, 3.63) is 0 Å². The first kappa shape index (κ1) is 23.6. The van der Waals surface area contributed by atoms with Crippen LogP contribution in [0.3, 0.4) is 0 Å². The third kappa shape index (κ3) is 5.52. The Morgan fingerprint density at radius 2 is 1.16 bits per heavy atom. The Kier molecular flexibility index (Phi) is 7.76. The molecule has 0 amide bonds. The number of aliphatic hydroxyl groups excluding tert-OH is 6. The maximum absolute atomic E-state index is 10.9. The molecule has 4 saturated heterocycles. The molecule has 13 nitrogen and oxygen atoms in total. The van der Waals surface area contributed by atoms with Crippen LogP contribution < -0.4 is 0 Å². The Morgan fingerprint density at radius 3 is 1.71 bits per heavy atom. The molecule has 0 aromatic carbocycles. The third-order valence-corrected chi connectivity index (χ3v) is 5.67. The lowest BCUT2D eigenvalue weighted by Gasteiger charge is -2.46. The molecule has 4 rings (SSSR count). The van der Waals surface area contributed by atoms with E-state index in [0.29, 0.717) is 13.2 Å². The van der Waals surface area contributed by atoms with Crippen molar-refractivity contribution < 1.29 is 63.8 Å². The van der Waals surface area contributed by atoms with Crippen molar-refractivity contribution in [1.29, 1.82) is 0 Å². The molecule has 6 N–H and O–H groups in total. The van der Waals surface area contributed by atoms with Crippen LogP contribution in [0.4, 0.5) is 0 Å². The van der Waals surface area contributed by atoms with Crippen molar-refractivity contribution in [3.63, 3.8) is 0 Å². The average Bonchev–Trinajstić information content (AvgIpc) is 3.68. The quantitative estimate of drug-likeness (QED) is 0.173. The highest BCUT2D eigenvalue weighted by molar-refractivity contribution is 4.94. The molecule has 4 fully saturated rings. The predicted octanol–water partition coefficient (Wildman–Crippen LogP) is -4.55. The Labute approximate surface area is 177 Å². The van der Waals surface area contributed by atoms with Gasteiger partial charge in [-0.1, -0.05) is 0 Å². The number of hydrogen-bond acceptors (Lipinski definition) is 13. The fraction of sp³-hybridized carbons (Fsp3) is 1.00. The van der Waals surface area contributed by atoms with Gasteiger partial charge >= 0.3 is 0 Å². The van der Waals surface area contributed by atoms with E-state index >= 15 is 0 Å². The number of aliphatic hydroxyl groups is 6. The van der Waals surface area contributed by atoms with E-state index < -0.39 is 74.6 Å². The van der Waals surface area contributed by atoms with Gasteiger partial charge in [0.15, 0.2) is 12.6 Å². The monoisotopic (exact) mass is 454 g/mol. The first-order valence-electron chi connectivity index (χ1n) is 10.3. The van der Waals surface area contributed by atoms with E-state index in [1.807, 2.05) is 0 Å². The summed E-state index contributed by atoms with van der Waals surface area (Å²) in [5, 5.41) is 60.1. The van der Waals surface area contributed by atoms with E-state index in [1.54, 1.807) is 0 Å². The summed E-state index contributed by atoms with van der Waals surface area (Å²) in [6.45, 7) is 0.405. The minimum Gasteiger partial charge on any atom is -0.394 e. The largest absolute Gasteiger partial charge is 0.394 e. The predicted molar refractivity (Wildman–Crippen MR) is 95.6 cm³/mol. The van der Waals surface area contributed by atoms with Crippen LogP contribution in [0.5, 0.6) is 0 Å². The summed E-state index contributed by atoms with van der Waals surface area (Å²) < 4.78 is 38.4. The topological polar surface area (TPSA) is 193 Å². The third-order valence-electron chi connectivity index (χ3n) is 5.67. The molecule has 0 spiro atoms. The molecule has 0 saturated carbocycles. The van der Waals surface area contributed by atoms with Crippen LogP contribution in [0, 0.1) is 0 Å². The number of hydrogen-bond donors (Lipinski definition) is 6. The summed E-state index contributed by atoms with van der Waals surface area (Å²) in [7, 11) is 0. The van der Waals surface area contributed by atoms with Crippen LogP contribution in [0.15, 0.2) is 0 Å². The molecule has 4 aliphatic heterocycles. The Hall–Kier alpha value is -0.520. The average molecular weight is 454 g/mol. The molecule has 31 heavy (non-hydrogen) atoms. The van der Waals surface area contributed by atoms with E-state index in [4.69, 9.17) is 33.2 Å². The molecule has 0 bridgehead atoms. The molecule has 0 aromatic rings. The van der Waals surface area contributed by atoms with Gasteiger partial charge in [-0.3, -0.25) is 0 Å². The van der Waals surface area contributed by atoms with Gasteiger partial charge < -0.3 is 63.8 Å². The summed E-state index contributed by atoms with van der Waals surface area (Å²) in [5.41, 5.74) is 0. The molecule has 13 heteroatoms. The van der Waals surface area contributed by atoms with Crippen molar-refractivity contribution >= 4 is 0 Å². The maximum atomic E-state index is 10.9. The molecule has 2 unspecified atom stereocenters. The summed E-state index contributed by atoms with van der Waals surface area (Å²) in [6.07, 6.45) is -13.4. The highest BCUT2D eigenvalue weighted by Crippen LogP contribution is 2.31. The van der Waals surface area contributed by atoms with Crippen LogP contribution in [0.2, 0.25) is 0 Å². The molecule has 12 atom stereocenters. The Morgan fingerprint density at radius 1 is 0.645 bits per heavy atom. The van der Waals surface area contributed by atoms with E-state index in [1.165, 1.54) is 0 Å². The zero-order chi connectivity index (χ0) is 22.1. The van der Waals surface area contributed by atoms with Gasteiger partial charge in [-0.15, -0.1) is 0 Å². The minimum absolute atomic E-state index is 0.0630. The Bertz CT molecular complexity index is 571. The lowest BCUT2D eigenvalue weighted by molar-refractivity contribution is -0.380. The van der Waals surface area contributed by atoms with E-state index in [2.05, 4.69) is 0 Å². The summed E-state index contributed by atoms with van der Waals surface area (Å²) in [4.78, 5) is 0. The molecule has 0 aromatic heterocycles. The van der Waals surface area contributed by atoms with E-state index in [0.717, 1.165) is 0 Å². The van der Waals surface area contributed by atoms with Crippen LogP contribution >= 0.6 is 0 Å². The van der Waals surface area contributed by atoms with Gasteiger partial charge in [-0.25, -0.2) is 0 Å². The minimum atomic E-state index is -1.68. The van der Waals surface area contributed by atoms with Crippen molar-refractivity contribution in [2.24, 2.45) is 0 Å². The molecule has 180 valence electrons. The molecule has 4 heterocycles. The summed E-state index contributed by atoms with van der Waals surface area (Å²) in [5.74, 6) is 0. The highest BCUT2D eigenvalue weighted by Gasteiger charge is 2.51. The van der Waals surface area contributed by atoms with Gasteiger partial charge in [0, 0.05) is 0 Å². The molecular weight excluding hydrogens is 424 g/mol. The number of rotatable bonds is 10. The fourth-order valence-electron chi connectivity index (χ4n) is 3.62. The molecule has 0 radical (unpaired) electrons. The smallest absolute Gasteiger partial charge is 0.189 e. The van der Waals surface area contributed by atoms with Crippen molar-refractivity contribution in [2.45, 2.75) is 73.6 Å². The van der Waals surface area contributed by atoms with Gasteiger partial charge in [0.25, 0.3) is 0 Å². The lowest BCUT2D eigenvalue weighted by Crippen LogP contribution is -2.64. The molecular formula is C18H30O13. The second kappa shape index (κ2) is 10.2. The van der Waals surface area contributed by atoms with Crippen LogP contribution in [0.1, 0.15) is 0 Å². The van der Waals surface area contributed by atoms with Crippen LogP contribution in [-0.4, -0.2) is 144 Å². The second-order valence-corrected chi connectivity index (χ2v) is 8.06. The van der Waals surface area contributed by atoms with Crippen LogP contribution in [-0.2, 0) is 33.2 Å². The maximum Gasteiger partial charge on any atom is 0.189 e. The lowest BCUT2D eigenvalue weighted by atomic mass is 9.97. The first-order chi connectivity index (χ1) is 14.9. The Balaban J connectivity index is 1.45. The van der Waals surface area contributed by atoms with Crippen molar-refractivity contribution in [1.82, 2.24) is 0 Å². The summed E-state index contributed by atoms with van der Waals surface area (Å²) in [6, 6.07) is 0. The van der Waals surface area contributed by atoms with Gasteiger partial charge in [-0.2, -0.15) is 0 Å². The molecule has 0 aliphatic carbocycles. The summed E-state index contributed by atoms with van der Waals surface area (Å²) >= 11 is 0. The first-order valence-corrected chi connectivity index (χ1v) is 10.3.